The van der Waals surface area contributed by atoms with Crippen LogP contribution in [-0.2, 0) is 23.0 Å². The van der Waals surface area contributed by atoms with Gasteiger partial charge in [-0.05, 0) is 42.6 Å². The lowest BCUT2D eigenvalue weighted by Gasteiger charge is -2.12. The minimum absolute atomic E-state index is 0.365. The molecule has 0 heterocycles. The molecular weight excluding hydrogens is 284 g/mol. The van der Waals surface area contributed by atoms with Crippen LogP contribution >= 0.6 is 0 Å². The fraction of sp³-hybridized carbons (Fsp3) is 0.625. The van der Waals surface area contributed by atoms with Gasteiger partial charge in [0.05, 0.1) is 4.90 Å². The number of benzene rings is 1. The van der Waals surface area contributed by atoms with Crippen molar-refractivity contribution in [3.8, 4) is 0 Å². The van der Waals surface area contributed by atoms with E-state index < -0.39 is 10.0 Å². The molecule has 120 valence electrons. The van der Waals surface area contributed by atoms with Gasteiger partial charge in [-0.15, -0.1) is 0 Å². The van der Waals surface area contributed by atoms with E-state index in [-0.39, 0.29) is 0 Å². The molecule has 2 N–H and O–H groups in total. The average molecular weight is 312 g/mol. The largest absolute Gasteiger partial charge is 0.313 e. The van der Waals surface area contributed by atoms with Gasteiger partial charge >= 0.3 is 0 Å². The van der Waals surface area contributed by atoms with Gasteiger partial charge in [0.2, 0.25) is 10.0 Å². The highest BCUT2D eigenvalue weighted by molar-refractivity contribution is 7.89. The van der Waals surface area contributed by atoms with E-state index in [1.54, 1.807) is 12.1 Å². The lowest BCUT2D eigenvalue weighted by Crippen LogP contribution is -2.25. The van der Waals surface area contributed by atoms with Crippen molar-refractivity contribution in [3.63, 3.8) is 0 Å². The summed E-state index contributed by atoms with van der Waals surface area (Å²) in [6.07, 6.45) is 3.92. The Morgan fingerprint density at radius 1 is 1.05 bits per heavy atom. The van der Waals surface area contributed by atoms with E-state index in [9.17, 15) is 8.42 Å². The molecule has 0 aromatic heterocycles. The highest BCUT2D eigenvalue weighted by Crippen LogP contribution is 2.17. The van der Waals surface area contributed by atoms with Crippen molar-refractivity contribution < 1.29 is 8.42 Å². The summed E-state index contributed by atoms with van der Waals surface area (Å²) in [5, 5.41) is 3.26. The Balaban J connectivity index is 2.85. The van der Waals surface area contributed by atoms with Gasteiger partial charge in [-0.1, -0.05) is 39.7 Å². The molecule has 0 saturated carbocycles. The highest BCUT2D eigenvalue weighted by atomic mass is 32.2. The monoisotopic (exact) mass is 312 g/mol. The van der Waals surface area contributed by atoms with E-state index in [2.05, 4.69) is 23.9 Å². The summed E-state index contributed by atoms with van der Waals surface area (Å²) >= 11 is 0. The Bertz CT molecular complexity index is 527. The van der Waals surface area contributed by atoms with Gasteiger partial charge < -0.3 is 5.32 Å². The number of unbranched alkanes of at least 4 members (excludes halogenated alkanes) is 2. The predicted octanol–water partition coefficient (Wildman–Crippen LogP) is 2.83. The molecule has 0 aliphatic rings. The second kappa shape index (κ2) is 9.18. The highest BCUT2D eigenvalue weighted by Gasteiger charge is 2.15. The minimum atomic E-state index is -3.39. The Labute approximate surface area is 129 Å². The average Bonchev–Trinajstić information content (AvgIpc) is 2.49. The second-order valence-electron chi connectivity index (χ2n) is 5.17. The van der Waals surface area contributed by atoms with Gasteiger partial charge in [-0.2, -0.15) is 0 Å². The number of aryl methyl sites for hydroxylation is 1. The molecule has 4 nitrogen and oxygen atoms in total. The molecule has 0 unspecified atom stereocenters. The molecule has 21 heavy (non-hydrogen) atoms. The van der Waals surface area contributed by atoms with Crippen LogP contribution in [0.5, 0.6) is 0 Å². The van der Waals surface area contributed by atoms with Gasteiger partial charge in [0.25, 0.3) is 0 Å². The van der Waals surface area contributed by atoms with Crippen molar-refractivity contribution in [2.45, 2.75) is 57.9 Å². The lowest BCUT2D eigenvalue weighted by atomic mass is 10.1. The summed E-state index contributed by atoms with van der Waals surface area (Å²) in [5.74, 6) is 0. The van der Waals surface area contributed by atoms with E-state index in [4.69, 9.17) is 0 Å². The molecule has 0 amide bonds. The Kier molecular flexibility index (Phi) is 7.93. The molecule has 1 aromatic carbocycles. The number of rotatable bonds is 10. The van der Waals surface area contributed by atoms with Crippen molar-refractivity contribution in [1.82, 2.24) is 10.0 Å². The Morgan fingerprint density at radius 3 is 2.43 bits per heavy atom. The van der Waals surface area contributed by atoms with Crippen LogP contribution in [0.15, 0.2) is 23.1 Å². The van der Waals surface area contributed by atoms with Crippen LogP contribution in [0.4, 0.5) is 0 Å². The van der Waals surface area contributed by atoms with E-state index in [0.717, 1.165) is 37.8 Å². The molecular formula is C16H28N2O2S. The zero-order valence-corrected chi connectivity index (χ0v) is 14.2. The first-order valence-corrected chi connectivity index (χ1v) is 9.35. The molecule has 0 aliphatic heterocycles. The van der Waals surface area contributed by atoms with Gasteiger partial charge in [0, 0.05) is 13.1 Å². The Morgan fingerprint density at radius 2 is 1.81 bits per heavy atom. The molecule has 0 aliphatic carbocycles. The standard InChI is InChI=1S/C16H28N2O2S/c1-4-7-8-11-18-21(19,20)16-10-9-14(5-2)15(12-16)13-17-6-3/h9-10,12,17-18H,4-8,11,13H2,1-3H3. The van der Waals surface area contributed by atoms with Gasteiger partial charge in [-0.3, -0.25) is 0 Å². The maximum absolute atomic E-state index is 12.3. The molecule has 0 spiro atoms. The fourth-order valence-corrected chi connectivity index (χ4v) is 3.33. The SMILES string of the molecule is CCCCCNS(=O)(=O)c1ccc(CC)c(CNCC)c1. The van der Waals surface area contributed by atoms with Crippen molar-refractivity contribution in [2.24, 2.45) is 0 Å². The first-order chi connectivity index (χ1) is 10.0. The van der Waals surface area contributed by atoms with Gasteiger partial charge in [-0.25, -0.2) is 13.1 Å². The third-order valence-corrected chi connectivity index (χ3v) is 4.97. The summed E-state index contributed by atoms with van der Waals surface area (Å²) in [7, 11) is -3.39. The molecule has 0 atom stereocenters. The zero-order valence-electron chi connectivity index (χ0n) is 13.4. The topological polar surface area (TPSA) is 58.2 Å². The summed E-state index contributed by atoms with van der Waals surface area (Å²) < 4.78 is 27.3. The fourth-order valence-electron chi connectivity index (χ4n) is 2.20. The summed E-state index contributed by atoms with van der Waals surface area (Å²) in [5.41, 5.74) is 2.26. The van der Waals surface area contributed by atoms with Crippen molar-refractivity contribution in [2.75, 3.05) is 13.1 Å². The van der Waals surface area contributed by atoms with Crippen molar-refractivity contribution >= 4 is 10.0 Å². The molecule has 1 rings (SSSR count). The summed E-state index contributed by atoms with van der Waals surface area (Å²) in [4.78, 5) is 0.365. The zero-order chi connectivity index (χ0) is 15.7. The van der Waals surface area contributed by atoms with Crippen LogP contribution < -0.4 is 10.0 Å². The van der Waals surface area contributed by atoms with Gasteiger partial charge in [0.15, 0.2) is 0 Å². The van der Waals surface area contributed by atoms with Crippen molar-refractivity contribution in [1.29, 1.82) is 0 Å². The van der Waals surface area contributed by atoms with Crippen LogP contribution in [0.2, 0.25) is 0 Å². The van der Waals surface area contributed by atoms with Crippen LogP contribution in [0.1, 0.15) is 51.2 Å². The number of hydrogen-bond acceptors (Lipinski definition) is 3. The van der Waals surface area contributed by atoms with E-state index in [0.29, 0.717) is 18.0 Å². The molecule has 1 aromatic rings. The Hall–Kier alpha value is -0.910. The third-order valence-electron chi connectivity index (χ3n) is 3.51. The lowest BCUT2D eigenvalue weighted by molar-refractivity contribution is 0.575. The minimum Gasteiger partial charge on any atom is -0.313 e. The van der Waals surface area contributed by atoms with Crippen LogP contribution in [0.25, 0.3) is 0 Å². The normalized spacial score (nSPS) is 11.8. The molecule has 5 heteroatoms. The van der Waals surface area contributed by atoms with Crippen LogP contribution in [0.3, 0.4) is 0 Å². The van der Waals surface area contributed by atoms with Crippen molar-refractivity contribution in [3.05, 3.63) is 29.3 Å². The summed E-state index contributed by atoms with van der Waals surface area (Å²) in [6.45, 7) is 8.32. The van der Waals surface area contributed by atoms with E-state index in [1.807, 2.05) is 13.0 Å². The van der Waals surface area contributed by atoms with Crippen LogP contribution in [-0.4, -0.2) is 21.5 Å². The van der Waals surface area contributed by atoms with E-state index >= 15 is 0 Å². The first kappa shape index (κ1) is 18.1. The number of sulfonamides is 1. The number of hydrogen-bond donors (Lipinski definition) is 2. The molecule has 0 bridgehead atoms. The van der Waals surface area contributed by atoms with E-state index in [1.165, 1.54) is 5.56 Å². The maximum Gasteiger partial charge on any atom is 0.240 e. The third kappa shape index (κ3) is 5.77. The molecule has 0 radical (unpaired) electrons. The molecule has 0 saturated heterocycles. The molecule has 0 fully saturated rings. The predicted molar refractivity (Wildman–Crippen MR) is 87.9 cm³/mol. The smallest absolute Gasteiger partial charge is 0.240 e. The summed E-state index contributed by atoms with van der Waals surface area (Å²) in [6, 6.07) is 5.42. The maximum atomic E-state index is 12.3. The second-order valence-corrected chi connectivity index (χ2v) is 6.94. The number of nitrogens with one attached hydrogen (secondary N) is 2. The van der Waals surface area contributed by atoms with Crippen LogP contribution in [0, 0.1) is 0 Å². The quantitative estimate of drug-likeness (QED) is 0.653. The first-order valence-electron chi connectivity index (χ1n) is 7.87. The van der Waals surface area contributed by atoms with Gasteiger partial charge in [0.1, 0.15) is 0 Å².